The first-order valence-corrected chi connectivity index (χ1v) is 6.44. The Morgan fingerprint density at radius 3 is 2.75 bits per heavy atom. The minimum Gasteiger partial charge on any atom is -0.391 e. The van der Waals surface area contributed by atoms with Crippen LogP contribution >= 0.6 is 0 Å². The second-order valence-electron chi connectivity index (χ2n) is 4.92. The van der Waals surface area contributed by atoms with Crippen molar-refractivity contribution in [3.05, 3.63) is 18.0 Å². The summed E-state index contributed by atoms with van der Waals surface area (Å²) in [5, 5.41) is 15.6. The molecule has 8 heteroatoms. The highest BCUT2D eigenvalue weighted by atomic mass is 19.4. The molecule has 0 radical (unpaired) electrons. The van der Waals surface area contributed by atoms with Crippen LogP contribution in [-0.4, -0.2) is 32.9 Å². The maximum atomic E-state index is 12.4. The molecule has 1 aromatic rings. The smallest absolute Gasteiger partial charge is 0.391 e. The predicted octanol–water partition coefficient (Wildman–Crippen LogP) is 1.32. The lowest BCUT2D eigenvalue weighted by atomic mass is 9.92. The summed E-state index contributed by atoms with van der Waals surface area (Å²) in [6, 6.07) is 0.497. The first-order valence-electron chi connectivity index (χ1n) is 6.44. The average molecular weight is 291 g/mol. The number of aromatic nitrogens is 2. The fourth-order valence-electron chi connectivity index (χ4n) is 2.28. The first kappa shape index (κ1) is 14.8. The van der Waals surface area contributed by atoms with E-state index in [0.29, 0.717) is 12.8 Å². The Hall–Kier alpha value is -1.57. The number of aliphatic hydroxyl groups excluding tert-OH is 1. The Bertz CT molecular complexity index is 473. The van der Waals surface area contributed by atoms with Crippen molar-refractivity contribution in [3.8, 4) is 0 Å². The number of nitrogens with zero attached hydrogens (tertiary/aromatic N) is 2. The Morgan fingerprint density at radius 2 is 2.15 bits per heavy atom. The SMILES string of the molecule is O=C(Cn1ccc(C(F)(F)F)n1)N[C@@H]1CCCC[C@H]1O. The van der Waals surface area contributed by atoms with Gasteiger partial charge in [0.2, 0.25) is 5.91 Å². The molecule has 0 saturated heterocycles. The summed E-state index contributed by atoms with van der Waals surface area (Å²) in [4.78, 5) is 11.7. The van der Waals surface area contributed by atoms with Gasteiger partial charge < -0.3 is 10.4 Å². The zero-order valence-corrected chi connectivity index (χ0v) is 10.7. The van der Waals surface area contributed by atoms with E-state index in [0.717, 1.165) is 29.8 Å². The number of carbonyl (C=O) groups excluding carboxylic acids is 1. The summed E-state index contributed by atoms with van der Waals surface area (Å²) in [5.41, 5.74) is -1.02. The molecule has 2 atom stereocenters. The summed E-state index contributed by atoms with van der Waals surface area (Å²) in [6.45, 7) is -0.292. The Labute approximate surface area is 113 Å². The highest BCUT2D eigenvalue weighted by Gasteiger charge is 2.33. The van der Waals surface area contributed by atoms with Crippen LogP contribution in [0.25, 0.3) is 0 Å². The lowest BCUT2D eigenvalue weighted by molar-refractivity contribution is -0.141. The van der Waals surface area contributed by atoms with Gasteiger partial charge in [0.05, 0.1) is 12.1 Å². The van der Waals surface area contributed by atoms with Crippen molar-refractivity contribution in [3.63, 3.8) is 0 Å². The van der Waals surface area contributed by atoms with Crippen molar-refractivity contribution in [2.75, 3.05) is 0 Å². The van der Waals surface area contributed by atoms with E-state index in [9.17, 15) is 23.1 Å². The van der Waals surface area contributed by atoms with E-state index in [1.165, 1.54) is 0 Å². The van der Waals surface area contributed by atoms with E-state index in [1.54, 1.807) is 0 Å². The van der Waals surface area contributed by atoms with Gasteiger partial charge in [0.25, 0.3) is 0 Å². The van der Waals surface area contributed by atoms with Crippen molar-refractivity contribution >= 4 is 5.91 Å². The number of halogens is 3. The summed E-state index contributed by atoms with van der Waals surface area (Å²) in [5.74, 6) is -0.451. The second-order valence-corrected chi connectivity index (χ2v) is 4.92. The van der Waals surface area contributed by atoms with Crippen LogP contribution < -0.4 is 5.32 Å². The predicted molar refractivity (Wildman–Crippen MR) is 63.6 cm³/mol. The number of alkyl halides is 3. The Balaban J connectivity index is 1.89. The van der Waals surface area contributed by atoms with Gasteiger partial charge in [0, 0.05) is 6.20 Å². The molecule has 1 saturated carbocycles. The van der Waals surface area contributed by atoms with E-state index >= 15 is 0 Å². The molecule has 1 aliphatic rings. The molecule has 1 fully saturated rings. The molecular weight excluding hydrogens is 275 g/mol. The standard InChI is InChI=1S/C12H16F3N3O2/c13-12(14,15)10-5-6-18(17-10)7-11(20)16-8-3-1-2-4-9(8)19/h5-6,8-9,19H,1-4,7H2,(H,16,20)/t8-,9-/m1/s1. The van der Waals surface area contributed by atoms with Gasteiger partial charge in [-0.3, -0.25) is 9.48 Å². The molecule has 1 aliphatic carbocycles. The van der Waals surface area contributed by atoms with E-state index in [-0.39, 0.29) is 12.6 Å². The molecule has 0 spiro atoms. The van der Waals surface area contributed by atoms with Gasteiger partial charge in [0.1, 0.15) is 6.54 Å². The van der Waals surface area contributed by atoms with Crippen LogP contribution in [0.15, 0.2) is 12.3 Å². The number of aliphatic hydroxyl groups is 1. The van der Waals surface area contributed by atoms with E-state index in [1.807, 2.05) is 0 Å². The molecule has 20 heavy (non-hydrogen) atoms. The van der Waals surface area contributed by atoms with Crippen molar-refractivity contribution in [2.24, 2.45) is 0 Å². The van der Waals surface area contributed by atoms with Crippen LogP contribution in [0, 0.1) is 0 Å². The average Bonchev–Trinajstić information content (AvgIpc) is 2.80. The number of nitrogens with one attached hydrogen (secondary N) is 1. The molecule has 5 nitrogen and oxygen atoms in total. The van der Waals surface area contributed by atoms with Crippen molar-refractivity contribution in [1.82, 2.24) is 15.1 Å². The van der Waals surface area contributed by atoms with Crippen molar-refractivity contribution in [2.45, 2.75) is 50.6 Å². The molecule has 2 N–H and O–H groups in total. The molecule has 1 aromatic heterocycles. The summed E-state index contributed by atoms with van der Waals surface area (Å²) in [6.07, 6.45) is -0.842. The Kier molecular flexibility index (Phi) is 4.32. The van der Waals surface area contributed by atoms with E-state index in [4.69, 9.17) is 0 Å². The summed E-state index contributed by atoms with van der Waals surface area (Å²) >= 11 is 0. The van der Waals surface area contributed by atoms with Crippen LogP contribution in [0.2, 0.25) is 0 Å². The molecule has 1 heterocycles. The fraction of sp³-hybridized carbons (Fsp3) is 0.667. The third-order valence-corrected chi connectivity index (χ3v) is 3.31. The monoisotopic (exact) mass is 291 g/mol. The van der Waals surface area contributed by atoms with Crippen LogP contribution in [0.1, 0.15) is 31.4 Å². The lowest BCUT2D eigenvalue weighted by Gasteiger charge is -2.28. The minimum absolute atomic E-state index is 0.292. The van der Waals surface area contributed by atoms with Crippen LogP contribution in [0.5, 0.6) is 0 Å². The molecule has 0 unspecified atom stereocenters. The lowest BCUT2D eigenvalue weighted by Crippen LogP contribution is -2.46. The first-order chi connectivity index (χ1) is 9.36. The Morgan fingerprint density at radius 1 is 1.45 bits per heavy atom. The maximum absolute atomic E-state index is 12.4. The quantitative estimate of drug-likeness (QED) is 0.882. The third-order valence-electron chi connectivity index (χ3n) is 3.31. The van der Waals surface area contributed by atoms with Crippen LogP contribution in [0.4, 0.5) is 13.2 Å². The molecule has 0 aromatic carbocycles. The van der Waals surface area contributed by atoms with Crippen LogP contribution in [-0.2, 0) is 17.5 Å². The number of carbonyl (C=O) groups is 1. The fourth-order valence-corrected chi connectivity index (χ4v) is 2.28. The number of hydrogen-bond donors (Lipinski definition) is 2. The molecule has 0 bridgehead atoms. The molecule has 2 rings (SSSR count). The van der Waals surface area contributed by atoms with Gasteiger partial charge in [0.15, 0.2) is 5.69 Å². The van der Waals surface area contributed by atoms with Gasteiger partial charge in [-0.25, -0.2) is 0 Å². The van der Waals surface area contributed by atoms with E-state index < -0.39 is 23.9 Å². The van der Waals surface area contributed by atoms with Crippen molar-refractivity contribution < 1.29 is 23.1 Å². The number of rotatable bonds is 3. The van der Waals surface area contributed by atoms with Gasteiger partial charge in [-0.05, 0) is 18.9 Å². The van der Waals surface area contributed by atoms with Crippen LogP contribution in [0.3, 0.4) is 0 Å². The number of hydrogen-bond acceptors (Lipinski definition) is 3. The van der Waals surface area contributed by atoms with Gasteiger partial charge >= 0.3 is 6.18 Å². The van der Waals surface area contributed by atoms with Gasteiger partial charge in [-0.1, -0.05) is 12.8 Å². The third kappa shape index (κ3) is 3.72. The molecular formula is C12H16F3N3O2. The minimum atomic E-state index is -4.51. The molecule has 112 valence electrons. The zero-order chi connectivity index (χ0) is 14.8. The van der Waals surface area contributed by atoms with Gasteiger partial charge in [-0.2, -0.15) is 18.3 Å². The highest BCUT2D eigenvalue weighted by Crippen LogP contribution is 2.27. The molecule has 1 amide bonds. The van der Waals surface area contributed by atoms with Gasteiger partial charge in [-0.15, -0.1) is 0 Å². The largest absolute Gasteiger partial charge is 0.435 e. The zero-order valence-electron chi connectivity index (χ0n) is 10.7. The summed E-state index contributed by atoms with van der Waals surface area (Å²) in [7, 11) is 0. The maximum Gasteiger partial charge on any atom is 0.435 e. The van der Waals surface area contributed by atoms with Crippen molar-refractivity contribution in [1.29, 1.82) is 0 Å². The second kappa shape index (κ2) is 5.82. The topological polar surface area (TPSA) is 67.2 Å². The summed E-state index contributed by atoms with van der Waals surface area (Å²) < 4.78 is 38.0. The van der Waals surface area contributed by atoms with E-state index in [2.05, 4.69) is 10.4 Å². The highest BCUT2D eigenvalue weighted by molar-refractivity contribution is 5.76. The number of amides is 1. The normalized spacial score (nSPS) is 23.6. The molecule has 0 aliphatic heterocycles.